The molecule has 0 aromatic carbocycles. The summed E-state index contributed by atoms with van der Waals surface area (Å²) in [7, 11) is 0. The number of amides is 2. The van der Waals surface area contributed by atoms with E-state index in [1.165, 1.54) is 11.1 Å². The summed E-state index contributed by atoms with van der Waals surface area (Å²) in [6.45, 7) is 2.65. The standard InChI is InChI=1S/C14H16BrF3N4O2/c15-9-5-11(14(16,17)18)12(19-6-9)22-7-10(8-22)20-13(23)21-1-3-24-4-2-21/h5-6,10H,1-4,7-8H2,(H,20,23). The molecule has 0 bridgehead atoms. The van der Waals surface area contributed by atoms with Crippen LogP contribution in [-0.2, 0) is 10.9 Å². The number of carbonyl (C=O) groups is 1. The first-order valence-electron chi connectivity index (χ1n) is 7.45. The Balaban J connectivity index is 1.59. The Morgan fingerprint density at radius 3 is 2.62 bits per heavy atom. The van der Waals surface area contributed by atoms with Crippen LogP contribution in [0.25, 0.3) is 0 Å². The fraction of sp³-hybridized carbons (Fsp3) is 0.571. The molecule has 6 nitrogen and oxygen atoms in total. The number of morpholine rings is 1. The van der Waals surface area contributed by atoms with Gasteiger partial charge in [0.2, 0.25) is 0 Å². The lowest BCUT2D eigenvalue weighted by atomic mass is 10.1. The van der Waals surface area contributed by atoms with Gasteiger partial charge in [0.25, 0.3) is 0 Å². The van der Waals surface area contributed by atoms with Gasteiger partial charge in [-0.25, -0.2) is 9.78 Å². The van der Waals surface area contributed by atoms with Crippen LogP contribution in [0.2, 0.25) is 0 Å². The lowest BCUT2D eigenvalue weighted by Gasteiger charge is -2.42. The fourth-order valence-electron chi connectivity index (χ4n) is 2.67. The van der Waals surface area contributed by atoms with Crippen molar-refractivity contribution in [2.24, 2.45) is 0 Å². The maximum absolute atomic E-state index is 13.1. The number of hydrogen-bond donors (Lipinski definition) is 1. The van der Waals surface area contributed by atoms with Gasteiger partial charge in [0.05, 0.1) is 24.8 Å². The van der Waals surface area contributed by atoms with Crippen LogP contribution in [-0.4, -0.2) is 61.3 Å². The van der Waals surface area contributed by atoms with Gasteiger partial charge in [-0.1, -0.05) is 0 Å². The summed E-state index contributed by atoms with van der Waals surface area (Å²) in [4.78, 5) is 19.1. The lowest BCUT2D eigenvalue weighted by molar-refractivity contribution is -0.137. The molecular formula is C14H16BrF3N4O2. The van der Waals surface area contributed by atoms with E-state index in [1.54, 1.807) is 4.90 Å². The van der Waals surface area contributed by atoms with Gasteiger partial charge in [0.15, 0.2) is 0 Å². The van der Waals surface area contributed by atoms with Gasteiger partial charge in [-0.05, 0) is 22.0 Å². The lowest BCUT2D eigenvalue weighted by Crippen LogP contribution is -2.62. The Morgan fingerprint density at radius 1 is 1.33 bits per heavy atom. The first-order chi connectivity index (χ1) is 11.3. The third-order valence-electron chi connectivity index (χ3n) is 3.95. The van der Waals surface area contributed by atoms with Crippen LogP contribution in [0.1, 0.15) is 5.56 Å². The summed E-state index contributed by atoms with van der Waals surface area (Å²) in [6, 6.07) is 0.622. The zero-order valence-electron chi connectivity index (χ0n) is 12.6. The molecule has 1 aromatic rings. The van der Waals surface area contributed by atoms with Crippen LogP contribution in [0.4, 0.5) is 23.8 Å². The van der Waals surface area contributed by atoms with E-state index in [4.69, 9.17) is 4.74 Å². The van der Waals surface area contributed by atoms with Crippen LogP contribution >= 0.6 is 15.9 Å². The van der Waals surface area contributed by atoms with E-state index in [9.17, 15) is 18.0 Å². The Kier molecular flexibility index (Phi) is 4.86. The molecule has 0 spiro atoms. The molecular weight excluding hydrogens is 393 g/mol. The number of urea groups is 1. The zero-order chi connectivity index (χ0) is 17.3. The Labute approximate surface area is 145 Å². The van der Waals surface area contributed by atoms with Gasteiger partial charge in [-0.15, -0.1) is 0 Å². The molecule has 0 atom stereocenters. The fourth-order valence-corrected chi connectivity index (χ4v) is 3.00. The van der Waals surface area contributed by atoms with Gasteiger partial charge in [0, 0.05) is 36.8 Å². The van der Waals surface area contributed by atoms with Gasteiger partial charge >= 0.3 is 12.2 Å². The van der Waals surface area contributed by atoms with E-state index in [2.05, 4.69) is 26.2 Å². The number of aromatic nitrogens is 1. The molecule has 0 unspecified atom stereocenters. The summed E-state index contributed by atoms with van der Waals surface area (Å²) in [5, 5.41) is 2.83. The predicted molar refractivity (Wildman–Crippen MR) is 83.9 cm³/mol. The van der Waals surface area contributed by atoms with Crippen molar-refractivity contribution in [2.45, 2.75) is 12.2 Å². The number of rotatable bonds is 2. The molecule has 0 saturated carbocycles. The normalized spacial score (nSPS) is 19.2. The monoisotopic (exact) mass is 408 g/mol. The molecule has 0 aliphatic carbocycles. The number of hydrogen-bond acceptors (Lipinski definition) is 4. The molecule has 0 radical (unpaired) electrons. The molecule has 1 N–H and O–H groups in total. The van der Waals surface area contributed by atoms with E-state index >= 15 is 0 Å². The average molecular weight is 409 g/mol. The van der Waals surface area contributed by atoms with Gasteiger partial charge in [-0.2, -0.15) is 13.2 Å². The van der Waals surface area contributed by atoms with E-state index in [0.717, 1.165) is 6.07 Å². The largest absolute Gasteiger partial charge is 0.419 e. The van der Waals surface area contributed by atoms with Crippen molar-refractivity contribution in [2.75, 3.05) is 44.3 Å². The highest BCUT2D eigenvalue weighted by Gasteiger charge is 2.39. The molecule has 24 heavy (non-hydrogen) atoms. The van der Waals surface area contributed by atoms with Crippen molar-refractivity contribution in [3.05, 3.63) is 22.3 Å². The average Bonchev–Trinajstić information content (AvgIpc) is 2.51. The minimum Gasteiger partial charge on any atom is -0.378 e. The topological polar surface area (TPSA) is 57.7 Å². The molecule has 3 rings (SSSR count). The smallest absolute Gasteiger partial charge is 0.378 e. The Hall–Kier alpha value is -1.55. The maximum Gasteiger partial charge on any atom is 0.419 e. The molecule has 10 heteroatoms. The molecule has 1 aromatic heterocycles. The number of ether oxygens (including phenoxy) is 1. The van der Waals surface area contributed by atoms with E-state index in [-0.39, 0.29) is 22.4 Å². The van der Waals surface area contributed by atoms with Gasteiger partial charge in [0.1, 0.15) is 5.82 Å². The summed E-state index contributed by atoms with van der Waals surface area (Å²) in [5.74, 6) is -0.109. The van der Waals surface area contributed by atoms with Crippen molar-refractivity contribution in [3.8, 4) is 0 Å². The Morgan fingerprint density at radius 2 is 2.00 bits per heavy atom. The molecule has 2 amide bonds. The van der Waals surface area contributed by atoms with Crippen LogP contribution < -0.4 is 10.2 Å². The number of carbonyl (C=O) groups excluding carboxylic acids is 1. The molecule has 132 valence electrons. The number of anilines is 1. The quantitative estimate of drug-likeness (QED) is 0.813. The van der Waals surface area contributed by atoms with Crippen molar-refractivity contribution in [1.29, 1.82) is 0 Å². The first kappa shape index (κ1) is 17.3. The van der Waals surface area contributed by atoms with E-state index < -0.39 is 11.7 Å². The van der Waals surface area contributed by atoms with Crippen LogP contribution in [0.5, 0.6) is 0 Å². The highest BCUT2D eigenvalue weighted by atomic mass is 79.9. The van der Waals surface area contributed by atoms with Gasteiger partial charge < -0.3 is 19.9 Å². The molecule has 2 aliphatic rings. The van der Waals surface area contributed by atoms with Crippen LogP contribution in [0, 0.1) is 0 Å². The number of pyridine rings is 1. The van der Waals surface area contributed by atoms with Crippen molar-refractivity contribution in [1.82, 2.24) is 15.2 Å². The predicted octanol–water partition coefficient (Wildman–Crippen LogP) is 2.09. The van der Waals surface area contributed by atoms with Crippen molar-refractivity contribution in [3.63, 3.8) is 0 Å². The van der Waals surface area contributed by atoms with Crippen molar-refractivity contribution >= 4 is 27.8 Å². The number of alkyl halides is 3. The summed E-state index contributed by atoms with van der Waals surface area (Å²) in [6.07, 6.45) is -3.14. The highest BCUT2D eigenvalue weighted by molar-refractivity contribution is 9.10. The van der Waals surface area contributed by atoms with Crippen molar-refractivity contribution < 1.29 is 22.7 Å². The molecule has 2 fully saturated rings. The second-order valence-electron chi connectivity index (χ2n) is 5.67. The third-order valence-corrected chi connectivity index (χ3v) is 4.38. The first-order valence-corrected chi connectivity index (χ1v) is 8.25. The van der Waals surface area contributed by atoms with E-state index in [0.29, 0.717) is 39.4 Å². The van der Waals surface area contributed by atoms with E-state index in [1.807, 2.05) is 0 Å². The second-order valence-corrected chi connectivity index (χ2v) is 6.59. The third kappa shape index (κ3) is 3.75. The SMILES string of the molecule is O=C(NC1CN(c2ncc(Br)cc2C(F)(F)F)C1)N1CCOCC1. The number of nitrogens with one attached hydrogen (secondary N) is 1. The van der Waals surface area contributed by atoms with Crippen LogP contribution in [0.15, 0.2) is 16.7 Å². The summed E-state index contributed by atoms with van der Waals surface area (Å²) < 4.78 is 44.8. The minimum absolute atomic E-state index is 0.109. The highest BCUT2D eigenvalue weighted by Crippen LogP contribution is 2.38. The molecule has 2 saturated heterocycles. The maximum atomic E-state index is 13.1. The Bertz CT molecular complexity index is 617. The molecule has 3 heterocycles. The molecule has 2 aliphatic heterocycles. The summed E-state index contributed by atoms with van der Waals surface area (Å²) in [5.41, 5.74) is -0.783. The van der Waals surface area contributed by atoms with Crippen LogP contribution in [0.3, 0.4) is 0 Å². The summed E-state index contributed by atoms with van der Waals surface area (Å²) >= 11 is 3.01. The number of nitrogens with zero attached hydrogens (tertiary/aromatic N) is 3. The number of halogens is 4. The van der Waals surface area contributed by atoms with Gasteiger partial charge in [-0.3, -0.25) is 0 Å². The zero-order valence-corrected chi connectivity index (χ0v) is 14.2. The second kappa shape index (κ2) is 6.75. The minimum atomic E-state index is -4.48.